The Morgan fingerprint density at radius 3 is 2.31 bits per heavy atom. The fourth-order valence-electron chi connectivity index (χ4n) is 2.21. The lowest BCUT2D eigenvalue weighted by Crippen LogP contribution is -2.42. The Kier molecular flexibility index (Phi) is 5.21. The van der Waals surface area contributed by atoms with E-state index in [2.05, 4.69) is 5.32 Å². The molecule has 0 aromatic heterocycles. The molecule has 1 fully saturated rings. The van der Waals surface area contributed by atoms with E-state index in [-0.39, 0.29) is 11.7 Å². The van der Waals surface area contributed by atoms with Crippen LogP contribution in [0.4, 0.5) is 0 Å². The molecule has 1 N–H and O–H groups in total. The maximum absolute atomic E-state index is 12.0. The molecule has 4 nitrogen and oxygen atoms in total. The van der Waals surface area contributed by atoms with E-state index in [1.54, 1.807) is 4.31 Å². The summed E-state index contributed by atoms with van der Waals surface area (Å²) in [4.78, 5) is 0. The van der Waals surface area contributed by atoms with Gasteiger partial charge in [0.15, 0.2) is 0 Å². The second-order valence-electron chi connectivity index (χ2n) is 5.07. The summed E-state index contributed by atoms with van der Waals surface area (Å²) in [5, 5.41) is 3.16. The average molecular weight is 248 g/mol. The Labute approximate surface area is 99.5 Å². The summed E-state index contributed by atoms with van der Waals surface area (Å²) in [6.45, 7) is 6.29. The highest BCUT2D eigenvalue weighted by Crippen LogP contribution is 2.20. The number of sulfonamides is 1. The van der Waals surface area contributed by atoms with Crippen molar-refractivity contribution in [3.8, 4) is 0 Å². The topological polar surface area (TPSA) is 49.4 Å². The van der Waals surface area contributed by atoms with Crippen LogP contribution in [0, 0.1) is 11.8 Å². The molecular formula is C11H24N2O2S. The molecule has 0 spiro atoms. The van der Waals surface area contributed by atoms with Gasteiger partial charge in [0.25, 0.3) is 0 Å². The molecule has 96 valence electrons. The fourth-order valence-corrected chi connectivity index (χ4v) is 4.03. The third-order valence-corrected chi connectivity index (χ3v) is 5.24. The van der Waals surface area contributed by atoms with Gasteiger partial charge in [0.05, 0.1) is 5.75 Å². The van der Waals surface area contributed by atoms with Gasteiger partial charge in [0, 0.05) is 13.1 Å². The summed E-state index contributed by atoms with van der Waals surface area (Å²) in [5.74, 6) is 1.12. The lowest BCUT2D eigenvalue weighted by molar-refractivity contribution is 0.270. The van der Waals surface area contributed by atoms with Crippen LogP contribution in [-0.4, -0.2) is 45.2 Å². The van der Waals surface area contributed by atoms with Crippen LogP contribution in [-0.2, 0) is 10.0 Å². The normalized spacial score (nSPS) is 20.5. The van der Waals surface area contributed by atoms with Crippen molar-refractivity contribution >= 4 is 10.0 Å². The minimum atomic E-state index is -3.01. The van der Waals surface area contributed by atoms with Gasteiger partial charge in [-0.05, 0) is 38.3 Å². The van der Waals surface area contributed by atoms with Gasteiger partial charge in [-0.15, -0.1) is 0 Å². The molecule has 1 aliphatic heterocycles. The Bertz CT molecular complexity index is 293. The summed E-state index contributed by atoms with van der Waals surface area (Å²) in [5.41, 5.74) is 0. The molecule has 0 unspecified atom stereocenters. The standard InChI is InChI=1S/C11H24N2O2S/c1-10(2)9-16(14,15)13-6-4-11(5-7-13)8-12-3/h10-12H,4-9H2,1-3H3. The van der Waals surface area contributed by atoms with E-state index in [0.29, 0.717) is 19.0 Å². The number of hydrogen-bond acceptors (Lipinski definition) is 3. The molecule has 16 heavy (non-hydrogen) atoms. The molecule has 5 heteroatoms. The molecule has 1 rings (SSSR count). The van der Waals surface area contributed by atoms with E-state index in [4.69, 9.17) is 0 Å². The zero-order valence-electron chi connectivity index (χ0n) is 10.6. The minimum Gasteiger partial charge on any atom is -0.319 e. The monoisotopic (exact) mass is 248 g/mol. The Hall–Kier alpha value is -0.130. The van der Waals surface area contributed by atoms with Gasteiger partial charge >= 0.3 is 0 Å². The first kappa shape index (κ1) is 13.9. The van der Waals surface area contributed by atoms with Crippen molar-refractivity contribution in [1.82, 2.24) is 9.62 Å². The second-order valence-corrected chi connectivity index (χ2v) is 7.09. The van der Waals surface area contributed by atoms with Crippen LogP contribution in [0.3, 0.4) is 0 Å². The number of nitrogens with one attached hydrogen (secondary N) is 1. The molecular weight excluding hydrogens is 224 g/mol. The van der Waals surface area contributed by atoms with Crippen molar-refractivity contribution in [2.75, 3.05) is 32.4 Å². The van der Waals surface area contributed by atoms with E-state index in [0.717, 1.165) is 19.4 Å². The number of hydrogen-bond donors (Lipinski definition) is 1. The van der Waals surface area contributed by atoms with Gasteiger partial charge in [-0.25, -0.2) is 12.7 Å². The molecule has 0 atom stereocenters. The van der Waals surface area contributed by atoms with Gasteiger partial charge < -0.3 is 5.32 Å². The third-order valence-electron chi connectivity index (χ3n) is 3.00. The highest BCUT2D eigenvalue weighted by Gasteiger charge is 2.27. The summed E-state index contributed by atoms with van der Waals surface area (Å²) < 4.78 is 25.6. The van der Waals surface area contributed by atoms with Crippen LogP contribution in [0.15, 0.2) is 0 Å². The molecule has 1 aliphatic rings. The van der Waals surface area contributed by atoms with Gasteiger partial charge in [-0.1, -0.05) is 13.8 Å². The molecule has 0 bridgehead atoms. The molecule has 1 saturated heterocycles. The third kappa shape index (κ3) is 4.03. The highest BCUT2D eigenvalue weighted by atomic mass is 32.2. The Balaban J connectivity index is 2.47. The van der Waals surface area contributed by atoms with Crippen molar-refractivity contribution in [2.24, 2.45) is 11.8 Å². The first-order valence-corrected chi connectivity index (χ1v) is 7.69. The van der Waals surface area contributed by atoms with Crippen LogP contribution >= 0.6 is 0 Å². The van der Waals surface area contributed by atoms with E-state index < -0.39 is 10.0 Å². The van der Waals surface area contributed by atoms with Gasteiger partial charge in [-0.2, -0.15) is 0 Å². The van der Waals surface area contributed by atoms with Crippen LogP contribution in [0.25, 0.3) is 0 Å². The van der Waals surface area contributed by atoms with Crippen LogP contribution < -0.4 is 5.32 Å². The first-order valence-electron chi connectivity index (χ1n) is 6.08. The SMILES string of the molecule is CNCC1CCN(S(=O)(=O)CC(C)C)CC1. The predicted molar refractivity (Wildman–Crippen MR) is 66.8 cm³/mol. The largest absolute Gasteiger partial charge is 0.319 e. The van der Waals surface area contributed by atoms with E-state index >= 15 is 0 Å². The van der Waals surface area contributed by atoms with Gasteiger partial charge in [0.2, 0.25) is 10.0 Å². The molecule has 0 saturated carbocycles. The van der Waals surface area contributed by atoms with Crippen molar-refractivity contribution in [2.45, 2.75) is 26.7 Å². The lowest BCUT2D eigenvalue weighted by atomic mass is 9.98. The number of rotatable bonds is 5. The van der Waals surface area contributed by atoms with E-state index in [9.17, 15) is 8.42 Å². The maximum Gasteiger partial charge on any atom is 0.214 e. The molecule has 0 aliphatic carbocycles. The molecule has 0 aromatic carbocycles. The van der Waals surface area contributed by atoms with E-state index in [1.165, 1.54) is 0 Å². The van der Waals surface area contributed by atoms with Crippen molar-refractivity contribution in [3.63, 3.8) is 0 Å². The average Bonchev–Trinajstić information content (AvgIpc) is 2.17. The Morgan fingerprint density at radius 1 is 1.31 bits per heavy atom. The van der Waals surface area contributed by atoms with Gasteiger partial charge in [0.1, 0.15) is 0 Å². The number of piperidine rings is 1. The molecule has 0 radical (unpaired) electrons. The summed E-state index contributed by atoms with van der Waals surface area (Å²) >= 11 is 0. The summed E-state index contributed by atoms with van der Waals surface area (Å²) in [6.07, 6.45) is 1.97. The van der Waals surface area contributed by atoms with Crippen molar-refractivity contribution < 1.29 is 8.42 Å². The number of nitrogens with zero attached hydrogens (tertiary/aromatic N) is 1. The molecule has 1 heterocycles. The molecule has 0 aromatic rings. The van der Waals surface area contributed by atoms with Crippen molar-refractivity contribution in [3.05, 3.63) is 0 Å². The smallest absolute Gasteiger partial charge is 0.214 e. The second kappa shape index (κ2) is 5.98. The van der Waals surface area contributed by atoms with Gasteiger partial charge in [-0.3, -0.25) is 0 Å². The van der Waals surface area contributed by atoms with Crippen LogP contribution in [0.1, 0.15) is 26.7 Å². The van der Waals surface area contributed by atoms with E-state index in [1.807, 2.05) is 20.9 Å². The van der Waals surface area contributed by atoms with Crippen LogP contribution in [0.2, 0.25) is 0 Å². The summed E-state index contributed by atoms with van der Waals surface area (Å²) in [6, 6.07) is 0. The minimum absolute atomic E-state index is 0.208. The fraction of sp³-hybridized carbons (Fsp3) is 1.00. The zero-order chi connectivity index (χ0) is 12.2. The quantitative estimate of drug-likeness (QED) is 0.786. The summed E-state index contributed by atoms with van der Waals surface area (Å²) in [7, 11) is -1.06. The zero-order valence-corrected chi connectivity index (χ0v) is 11.4. The molecule has 0 amide bonds. The highest BCUT2D eigenvalue weighted by molar-refractivity contribution is 7.89. The maximum atomic E-state index is 12.0. The first-order chi connectivity index (χ1) is 7.45. The predicted octanol–water partition coefficient (Wildman–Crippen LogP) is 0.904. The van der Waals surface area contributed by atoms with Crippen LogP contribution in [0.5, 0.6) is 0 Å². The lowest BCUT2D eigenvalue weighted by Gasteiger charge is -2.31. The Morgan fingerprint density at radius 2 is 1.88 bits per heavy atom. The van der Waals surface area contributed by atoms with Crippen molar-refractivity contribution in [1.29, 1.82) is 0 Å².